The van der Waals surface area contributed by atoms with Gasteiger partial charge in [0.15, 0.2) is 5.84 Å². The third-order valence-corrected chi connectivity index (χ3v) is 15.5. The number of aryl methyl sites for hydroxylation is 2. The fraction of sp³-hybridized carbons (Fsp3) is 0.134. The van der Waals surface area contributed by atoms with Gasteiger partial charge in [-0.2, -0.15) is 0 Å². The minimum Gasteiger partial charge on any atom is -0.310 e. The minimum absolute atomic E-state index is 0.665. The quantitative estimate of drug-likeness (QED) is 0.110. The number of hydrogen-bond donors (Lipinski definition) is 0. The molecule has 10 aromatic rings. The molecule has 0 unspecified atom stereocenters. The van der Waals surface area contributed by atoms with Gasteiger partial charge in [-0.1, -0.05) is 167 Å². The first-order valence-electron chi connectivity index (χ1n) is 25.4. The van der Waals surface area contributed by atoms with E-state index in [1.165, 1.54) is 64.7 Å². The second-order valence-corrected chi connectivity index (χ2v) is 19.6. The molecule has 4 nitrogen and oxygen atoms in total. The first kappa shape index (κ1) is 46.3. The molecule has 0 bridgehead atoms. The monoisotopic (exact) mass is 950 g/mol. The van der Waals surface area contributed by atoms with Crippen LogP contribution < -0.4 is 4.90 Å². The van der Waals surface area contributed by atoms with Crippen LogP contribution in [-0.2, 0) is 6.42 Å². The van der Waals surface area contributed by atoms with Gasteiger partial charge in [0.1, 0.15) is 0 Å². The zero-order valence-corrected chi connectivity index (χ0v) is 42.8. The molecule has 0 saturated heterocycles. The zero-order chi connectivity index (χ0) is 49.5. The van der Waals surface area contributed by atoms with Gasteiger partial charge in [-0.15, -0.1) is 11.3 Å². The average molecular weight is 951 g/mol. The molecule has 0 atom stereocenters. The molecular formula is C67H58N4S. The van der Waals surface area contributed by atoms with Crippen LogP contribution in [0.1, 0.15) is 91.3 Å². The zero-order valence-electron chi connectivity index (χ0n) is 42.0. The molecule has 1 aliphatic carbocycles. The maximum absolute atomic E-state index is 5.48. The molecule has 0 fully saturated rings. The Kier molecular flexibility index (Phi) is 12.6. The second-order valence-electron chi connectivity index (χ2n) is 18.5. The topological polar surface area (TPSA) is 32.9 Å². The number of amidine groups is 1. The van der Waals surface area contributed by atoms with Crippen LogP contribution in [0.25, 0.3) is 65.7 Å². The summed E-state index contributed by atoms with van der Waals surface area (Å²) in [5.74, 6) is 0.665. The molecule has 2 aliphatic rings. The van der Waals surface area contributed by atoms with Crippen molar-refractivity contribution in [3.8, 4) is 16.8 Å². The Hall–Kier alpha value is -8.12. The van der Waals surface area contributed by atoms with Crippen LogP contribution in [0.15, 0.2) is 216 Å². The van der Waals surface area contributed by atoms with E-state index in [-0.39, 0.29) is 0 Å². The Bertz CT molecular complexity index is 3860. The summed E-state index contributed by atoms with van der Waals surface area (Å²) in [7, 11) is 0. The number of allylic oxidation sites excluding steroid dienone is 2. The molecule has 8 aromatic carbocycles. The SMILES string of the molecule is C=C1c2cc3c(cc2-c2cc(C4=CCCc5c4sc4ccccc54)ccc2N1c1ccccc1C)c1ccccc1n3-c1cccc(C(N=C(C)c2ccccc2)=N/C(=C(\C)CC)c2ccccc2)c1.CC. The van der Waals surface area contributed by atoms with Crippen molar-refractivity contribution in [1.82, 2.24) is 4.57 Å². The van der Waals surface area contributed by atoms with E-state index >= 15 is 0 Å². The van der Waals surface area contributed by atoms with E-state index in [0.717, 1.165) is 86.7 Å². The van der Waals surface area contributed by atoms with Gasteiger partial charge >= 0.3 is 0 Å². The number of benzene rings is 8. The van der Waals surface area contributed by atoms with Gasteiger partial charge in [0.2, 0.25) is 0 Å². The lowest BCUT2D eigenvalue weighted by Gasteiger charge is -2.36. The highest BCUT2D eigenvalue weighted by Crippen LogP contribution is 2.52. The molecular weight excluding hydrogens is 893 g/mol. The summed E-state index contributed by atoms with van der Waals surface area (Å²) >= 11 is 1.93. The second kappa shape index (κ2) is 19.6. The van der Waals surface area contributed by atoms with Gasteiger partial charge in [0, 0.05) is 65.4 Å². The molecule has 0 N–H and O–H groups in total. The number of nitrogens with zero attached hydrogens (tertiary/aromatic N) is 4. The molecule has 0 spiro atoms. The van der Waals surface area contributed by atoms with Crippen molar-refractivity contribution in [2.24, 2.45) is 9.98 Å². The number of aliphatic imine (C=N–C) groups is 2. The molecule has 0 saturated carbocycles. The molecule has 72 heavy (non-hydrogen) atoms. The number of rotatable bonds is 8. The molecule has 3 heterocycles. The Labute approximate surface area is 428 Å². The van der Waals surface area contributed by atoms with Crippen LogP contribution in [0, 0.1) is 6.92 Å². The summed E-state index contributed by atoms with van der Waals surface area (Å²) < 4.78 is 3.77. The van der Waals surface area contributed by atoms with Crippen LogP contribution in [0.5, 0.6) is 0 Å². The van der Waals surface area contributed by atoms with E-state index in [1.807, 2.05) is 31.3 Å². The van der Waals surface area contributed by atoms with Crippen LogP contribution >= 0.6 is 11.3 Å². The standard InChI is InChI=1S/C65H52N4S.C2H6/c1-6-41(2)63(46-24-11-8-12-25-46)67-65(66-43(4)45-22-9-7-10-23-45)48-26-19-27-49(37-48)69-59-33-17-14-28-51(59)57-39-55-54(40-61(57)69)44(5)68(58-32-16-13-21-42(58)3)60-36-35-47(38-56(55)60)50-30-20-31-53-52-29-15-18-34-62(52)70-64(50)53;1-2/h7-19,21-30,32-40H,5-6,20,31H2,1-4H3;1-2H3/b63-41+,66-43?,67-65?;. The summed E-state index contributed by atoms with van der Waals surface area (Å²) in [5.41, 5.74) is 21.4. The smallest absolute Gasteiger partial charge is 0.160 e. The van der Waals surface area contributed by atoms with Crippen molar-refractivity contribution >= 4 is 83.1 Å². The average Bonchev–Trinajstić information content (AvgIpc) is 3.98. The third kappa shape index (κ3) is 8.14. The molecule has 0 radical (unpaired) electrons. The fourth-order valence-electron chi connectivity index (χ4n) is 10.6. The lowest BCUT2D eigenvalue weighted by Crippen LogP contribution is -2.21. The predicted molar refractivity (Wildman–Crippen MR) is 312 cm³/mol. The van der Waals surface area contributed by atoms with Crippen molar-refractivity contribution < 1.29 is 0 Å². The van der Waals surface area contributed by atoms with Gasteiger partial charge < -0.3 is 9.47 Å². The minimum atomic E-state index is 0.665. The van der Waals surface area contributed by atoms with Crippen LogP contribution in [0.4, 0.5) is 11.4 Å². The molecule has 5 heteroatoms. The number of fused-ring (bicyclic) bond motifs is 9. The van der Waals surface area contributed by atoms with Crippen LogP contribution in [0.3, 0.4) is 0 Å². The van der Waals surface area contributed by atoms with E-state index in [1.54, 1.807) is 0 Å². The predicted octanol–water partition coefficient (Wildman–Crippen LogP) is 18.6. The van der Waals surface area contributed by atoms with E-state index in [0.29, 0.717) is 5.84 Å². The number of anilines is 2. The van der Waals surface area contributed by atoms with E-state index in [9.17, 15) is 0 Å². The van der Waals surface area contributed by atoms with Crippen molar-refractivity contribution in [1.29, 1.82) is 0 Å². The van der Waals surface area contributed by atoms with Gasteiger partial charge in [0.05, 0.1) is 22.4 Å². The van der Waals surface area contributed by atoms with Crippen LogP contribution in [0.2, 0.25) is 0 Å². The highest BCUT2D eigenvalue weighted by Gasteiger charge is 2.31. The number of hydrogen-bond acceptors (Lipinski definition) is 3. The third-order valence-electron chi connectivity index (χ3n) is 14.3. The Balaban J connectivity index is 0.00000277. The Morgan fingerprint density at radius 3 is 2.07 bits per heavy atom. The molecule has 12 rings (SSSR count). The molecule has 352 valence electrons. The number of thiophene rings is 1. The van der Waals surface area contributed by atoms with Crippen molar-refractivity contribution in [2.75, 3.05) is 4.90 Å². The Morgan fingerprint density at radius 2 is 1.29 bits per heavy atom. The number of para-hydroxylation sites is 2. The van der Waals surface area contributed by atoms with Crippen molar-refractivity contribution in [2.45, 2.75) is 60.8 Å². The van der Waals surface area contributed by atoms with E-state index in [2.05, 4.69) is 225 Å². The first-order valence-corrected chi connectivity index (χ1v) is 26.2. The summed E-state index contributed by atoms with van der Waals surface area (Å²) in [5, 5.41) is 3.78. The summed E-state index contributed by atoms with van der Waals surface area (Å²) in [6.45, 7) is 17.6. The van der Waals surface area contributed by atoms with E-state index < -0.39 is 0 Å². The summed E-state index contributed by atoms with van der Waals surface area (Å²) in [6.07, 6.45) is 5.43. The van der Waals surface area contributed by atoms with Crippen LogP contribution in [-0.4, -0.2) is 16.1 Å². The Morgan fingerprint density at radius 1 is 0.597 bits per heavy atom. The maximum Gasteiger partial charge on any atom is 0.160 e. The molecule has 1 aliphatic heterocycles. The van der Waals surface area contributed by atoms with E-state index in [4.69, 9.17) is 16.6 Å². The van der Waals surface area contributed by atoms with Gasteiger partial charge in [-0.05, 0) is 139 Å². The summed E-state index contributed by atoms with van der Waals surface area (Å²) in [6, 6.07) is 67.9. The largest absolute Gasteiger partial charge is 0.310 e. The number of aromatic nitrogens is 1. The van der Waals surface area contributed by atoms with Crippen molar-refractivity contribution in [3.05, 3.63) is 250 Å². The lowest BCUT2D eigenvalue weighted by molar-refractivity contribution is 0.998. The first-order chi connectivity index (χ1) is 35.3. The molecule has 0 amide bonds. The maximum atomic E-state index is 5.48. The van der Waals surface area contributed by atoms with Gasteiger partial charge in [-0.3, -0.25) is 0 Å². The highest BCUT2D eigenvalue weighted by atomic mass is 32.1. The van der Waals surface area contributed by atoms with Gasteiger partial charge in [-0.25, -0.2) is 9.98 Å². The summed E-state index contributed by atoms with van der Waals surface area (Å²) in [4.78, 5) is 14.6. The van der Waals surface area contributed by atoms with Gasteiger partial charge in [0.25, 0.3) is 0 Å². The normalized spacial score (nSPS) is 13.8. The molecule has 2 aromatic heterocycles. The fourth-order valence-corrected chi connectivity index (χ4v) is 11.9. The lowest BCUT2D eigenvalue weighted by atomic mass is 9.85. The van der Waals surface area contributed by atoms with Crippen molar-refractivity contribution in [3.63, 3.8) is 0 Å². The highest BCUT2D eigenvalue weighted by molar-refractivity contribution is 7.20.